The summed E-state index contributed by atoms with van der Waals surface area (Å²) < 4.78 is 28.5. The van der Waals surface area contributed by atoms with Crippen LogP contribution in [-0.4, -0.2) is 14.8 Å². The molecule has 0 aliphatic rings. The van der Waals surface area contributed by atoms with Gasteiger partial charge >= 0.3 is 0 Å². The molecule has 3 aromatic rings. The molecule has 7 heteroatoms. The highest BCUT2D eigenvalue weighted by Gasteiger charge is 2.18. The Kier molecular flexibility index (Phi) is 4.13. The van der Waals surface area contributed by atoms with E-state index in [0.717, 1.165) is 6.42 Å². The zero-order valence-electron chi connectivity index (χ0n) is 13.0. The van der Waals surface area contributed by atoms with E-state index in [4.69, 9.17) is 11.0 Å². The van der Waals surface area contributed by atoms with Crippen molar-refractivity contribution >= 4 is 16.7 Å². The topological polar surface area (TPSA) is 80.5 Å². The molecule has 24 heavy (non-hydrogen) atoms. The molecular formula is C17H15F2N5. The molecule has 0 bridgehead atoms. The summed E-state index contributed by atoms with van der Waals surface area (Å²) in [7, 11) is 0. The Hall–Kier alpha value is -3.01. The van der Waals surface area contributed by atoms with Crippen LogP contribution >= 0.6 is 0 Å². The van der Waals surface area contributed by atoms with Crippen LogP contribution in [0.2, 0.25) is 0 Å². The Labute approximate surface area is 137 Å². The number of alkyl halides is 2. The number of hydrogen-bond acceptors (Lipinski definition) is 4. The highest BCUT2D eigenvalue weighted by molar-refractivity contribution is 5.82. The summed E-state index contributed by atoms with van der Waals surface area (Å²) in [4.78, 5) is 4.38. The normalized spacial score (nSPS) is 11.1. The van der Waals surface area contributed by atoms with Gasteiger partial charge in [-0.25, -0.2) is 13.8 Å². The Balaban J connectivity index is 2.20. The standard InChI is InChI=1S/C17H15F2N5/c1-2-5-24-9-13-12(16(18)19)7-15(22-17(13)23-24)10-3-4-14(21)11(6-10)8-20/h3-4,6-7,9,16H,2,5,21H2,1H3. The van der Waals surface area contributed by atoms with Gasteiger partial charge in [0, 0.05) is 34.9 Å². The Morgan fingerprint density at radius 2 is 2.12 bits per heavy atom. The van der Waals surface area contributed by atoms with Gasteiger partial charge in [0.15, 0.2) is 5.65 Å². The molecule has 5 nitrogen and oxygen atoms in total. The smallest absolute Gasteiger partial charge is 0.264 e. The summed E-state index contributed by atoms with van der Waals surface area (Å²) >= 11 is 0. The average Bonchev–Trinajstić information content (AvgIpc) is 2.96. The number of rotatable bonds is 4. The molecule has 0 saturated carbocycles. The third-order valence-electron chi connectivity index (χ3n) is 3.73. The van der Waals surface area contributed by atoms with E-state index in [1.165, 1.54) is 6.07 Å². The molecule has 3 rings (SSSR count). The molecule has 0 saturated heterocycles. The molecule has 0 unspecified atom stereocenters. The number of nitrogens with zero attached hydrogens (tertiary/aromatic N) is 4. The average molecular weight is 327 g/mol. The van der Waals surface area contributed by atoms with Crippen molar-refractivity contribution in [1.82, 2.24) is 14.8 Å². The van der Waals surface area contributed by atoms with Crippen LogP contribution in [0.4, 0.5) is 14.5 Å². The fourth-order valence-corrected chi connectivity index (χ4v) is 2.55. The number of fused-ring (bicyclic) bond motifs is 1. The van der Waals surface area contributed by atoms with E-state index in [1.54, 1.807) is 29.1 Å². The molecule has 0 amide bonds. The maximum Gasteiger partial charge on any atom is 0.264 e. The first-order chi connectivity index (χ1) is 11.5. The van der Waals surface area contributed by atoms with Crippen LogP contribution < -0.4 is 5.73 Å². The molecule has 0 radical (unpaired) electrons. The molecule has 0 aliphatic carbocycles. The van der Waals surface area contributed by atoms with E-state index in [0.29, 0.717) is 28.9 Å². The zero-order chi connectivity index (χ0) is 17.3. The van der Waals surface area contributed by atoms with Gasteiger partial charge in [-0.1, -0.05) is 13.0 Å². The summed E-state index contributed by atoms with van der Waals surface area (Å²) in [6.45, 7) is 2.62. The van der Waals surface area contributed by atoms with Crippen molar-refractivity contribution in [1.29, 1.82) is 5.26 Å². The number of nitrogen functional groups attached to an aromatic ring is 1. The van der Waals surface area contributed by atoms with Gasteiger partial charge in [0.2, 0.25) is 0 Å². The fourth-order valence-electron chi connectivity index (χ4n) is 2.55. The number of halogens is 2. The lowest BCUT2D eigenvalue weighted by Crippen LogP contribution is -1.96. The highest BCUT2D eigenvalue weighted by atomic mass is 19.3. The zero-order valence-corrected chi connectivity index (χ0v) is 13.0. The highest BCUT2D eigenvalue weighted by Crippen LogP contribution is 2.31. The number of pyridine rings is 1. The number of nitrogens with two attached hydrogens (primary N) is 1. The number of anilines is 1. The van der Waals surface area contributed by atoms with Crippen LogP contribution in [0.15, 0.2) is 30.5 Å². The first-order valence-corrected chi connectivity index (χ1v) is 7.49. The third-order valence-corrected chi connectivity index (χ3v) is 3.73. The van der Waals surface area contributed by atoms with Gasteiger partial charge in [0.1, 0.15) is 6.07 Å². The number of aryl methyl sites for hydroxylation is 1. The lowest BCUT2D eigenvalue weighted by molar-refractivity contribution is 0.153. The van der Waals surface area contributed by atoms with Crippen molar-refractivity contribution in [2.45, 2.75) is 26.3 Å². The minimum absolute atomic E-state index is 0.118. The van der Waals surface area contributed by atoms with Gasteiger partial charge in [0.05, 0.1) is 11.3 Å². The molecule has 2 aromatic heterocycles. The molecule has 1 aromatic carbocycles. The second-order valence-corrected chi connectivity index (χ2v) is 5.44. The lowest BCUT2D eigenvalue weighted by Gasteiger charge is -2.07. The van der Waals surface area contributed by atoms with E-state index in [9.17, 15) is 8.78 Å². The monoisotopic (exact) mass is 327 g/mol. The first-order valence-electron chi connectivity index (χ1n) is 7.49. The minimum atomic E-state index is -2.64. The Morgan fingerprint density at radius 1 is 1.33 bits per heavy atom. The second-order valence-electron chi connectivity index (χ2n) is 5.44. The summed E-state index contributed by atoms with van der Waals surface area (Å²) in [6.07, 6.45) is -0.201. The summed E-state index contributed by atoms with van der Waals surface area (Å²) in [5.41, 5.74) is 7.37. The lowest BCUT2D eigenvalue weighted by atomic mass is 10.0. The number of hydrogen-bond donors (Lipinski definition) is 1. The van der Waals surface area contributed by atoms with Crippen LogP contribution in [0.25, 0.3) is 22.3 Å². The van der Waals surface area contributed by atoms with Gasteiger partial charge in [-0.05, 0) is 24.6 Å². The summed E-state index contributed by atoms with van der Waals surface area (Å²) in [5, 5.41) is 13.7. The fraction of sp³-hybridized carbons (Fsp3) is 0.235. The third kappa shape index (κ3) is 2.78. The van der Waals surface area contributed by atoms with Gasteiger partial charge in [0.25, 0.3) is 6.43 Å². The number of benzene rings is 1. The maximum atomic E-state index is 13.5. The molecule has 122 valence electrons. The molecule has 0 fully saturated rings. The van der Waals surface area contributed by atoms with Crippen LogP contribution in [0, 0.1) is 11.3 Å². The molecule has 2 N–H and O–H groups in total. The summed E-state index contributed by atoms with van der Waals surface area (Å²) in [6, 6.07) is 8.09. The van der Waals surface area contributed by atoms with E-state index in [2.05, 4.69) is 10.1 Å². The van der Waals surface area contributed by atoms with Crippen LogP contribution in [0.1, 0.15) is 30.9 Å². The Morgan fingerprint density at radius 3 is 2.79 bits per heavy atom. The van der Waals surface area contributed by atoms with E-state index in [1.807, 2.05) is 13.0 Å². The molecule has 0 spiro atoms. The SMILES string of the molecule is CCCn1cc2c(C(F)F)cc(-c3ccc(N)c(C#N)c3)nc2n1. The van der Waals surface area contributed by atoms with Crippen molar-refractivity contribution in [3.63, 3.8) is 0 Å². The number of aromatic nitrogens is 3. The second kappa shape index (κ2) is 6.24. The van der Waals surface area contributed by atoms with Crippen molar-refractivity contribution in [2.75, 3.05) is 5.73 Å². The minimum Gasteiger partial charge on any atom is -0.398 e. The van der Waals surface area contributed by atoms with Crippen molar-refractivity contribution < 1.29 is 8.78 Å². The predicted octanol–water partition coefficient (Wildman–Crippen LogP) is 3.90. The van der Waals surface area contributed by atoms with Gasteiger partial charge in [-0.2, -0.15) is 10.4 Å². The maximum absolute atomic E-state index is 13.5. The Bertz CT molecular complexity index is 940. The van der Waals surface area contributed by atoms with Gasteiger partial charge in [-0.3, -0.25) is 4.68 Å². The van der Waals surface area contributed by atoms with E-state index < -0.39 is 6.43 Å². The quantitative estimate of drug-likeness (QED) is 0.737. The van der Waals surface area contributed by atoms with Crippen molar-refractivity contribution in [3.8, 4) is 17.3 Å². The number of nitriles is 1. The predicted molar refractivity (Wildman–Crippen MR) is 87.3 cm³/mol. The van der Waals surface area contributed by atoms with Crippen molar-refractivity contribution in [3.05, 3.63) is 41.6 Å². The van der Waals surface area contributed by atoms with Crippen molar-refractivity contribution in [2.24, 2.45) is 0 Å². The first kappa shape index (κ1) is 15.9. The van der Waals surface area contributed by atoms with Crippen LogP contribution in [-0.2, 0) is 6.54 Å². The van der Waals surface area contributed by atoms with E-state index in [-0.39, 0.29) is 16.8 Å². The molecular weight excluding hydrogens is 312 g/mol. The van der Waals surface area contributed by atoms with Crippen LogP contribution in [0.3, 0.4) is 0 Å². The molecule has 0 atom stereocenters. The molecule has 2 heterocycles. The largest absolute Gasteiger partial charge is 0.398 e. The summed E-state index contributed by atoms with van der Waals surface area (Å²) in [5.74, 6) is 0. The van der Waals surface area contributed by atoms with Gasteiger partial charge in [-0.15, -0.1) is 0 Å². The van der Waals surface area contributed by atoms with Crippen LogP contribution in [0.5, 0.6) is 0 Å². The van der Waals surface area contributed by atoms with E-state index >= 15 is 0 Å². The van der Waals surface area contributed by atoms with Gasteiger partial charge < -0.3 is 5.73 Å². The molecule has 0 aliphatic heterocycles.